The minimum absolute atomic E-state index is 0.0708. The molecule has 0 saturated carbocycles. The van der Waals surface area contributed by atoms with Crippen LogP contribution in [0.4, 0.5) is 14.6 Å². The first-order chi connectivity index (χ1) is 11.6. The molecule has 0 aliphatic carbocycles. The smallest absolute Gasteiger partial charge is 0.226 e. The summed E-state index contributed by atoms with van der Waals surface area (Å²) in [7, 11) is 0. The number of benzene rings is 2. The Balaban J connectivity index is 1.84. The average Bonchev–Trinajstić information content (AvgIpc) is 2.99. The monoisotopic (exact) mass is 325 g/mol. The molecule has 4 rings (SSSR count). The third kappa shape index (κ3) is 2.36. The molecule has 1 N–H and O–H groups in total. The molecule has 1 aromatic heterocycles. The topological polar surface area (TPSA) is 46.9 Å². The van der Waals surface area contributed by atoms with Gasteiger partial charge in [0.25, 0.3) is 0 Å². The Morgan fingerprint density at radius 2 is 1.92 bits per heavy atom. The van der Waals surface area contributed by atoms with Gasteiger partial charge in [0.05, 0.1) is 5.69 Å². The van der Waals surface area contributed by atoms with Crippen LogP contribution in [0.1, 0.15) is 23.6 Å². The number of halogens is 2. The normalized spacial score (nSPS) is 16.6. The van der Waals surface area contributed by atoms with Gasteiger partial charge in [-0.05, 0) is 23.8 Å². The highest BCUT2D eigenvalue weighted by atomic mass is 19.1. The second-order valence-electron chi connectivity index (χ2n) is 5.65. The molecule has 2 aromatic carbocycles. The fourth-order valence-corrected chi connectivity index (χ4v) is 3.03. The quantitative estimate of drug-likeness (QED) is 0.782. The fraction of sp³-hybridized carbons (Fsp3) is 0.111. The van der Waals surface area contributed by atoms with Crippen LogP contribution in [0.5, 0.6) is 0 Å². The van der Waals surface area contributed by atoms with E-state index in [1.54, 1.807) is 10.9 Å². The van der Waals surface area contributed by atoms with Crippen LogP contribution < -0.4 is 5.32 Å². The number of amides is 1. The SMILES string of the molecule is O=C1C[C@H](c2ccc(F)cc2F)c2ncn(-c3ccccc3)c2N1. The highest BCUT2D eigenvalue weighted by Crippen LogP contribution is 2.38. The van der Waals surface area contributed by atoms with E-state index in [-0.39, 0.29) is 17.9 Å². The summed E-state index contributed by atoms with van der Waals surface area (Å²) in [6.07, 6.45) is 1.67. The van der Waals surface area contributed by atoms with E-state index in [0.717, 1.165) is 11.8 Å². The van der Waals surface area contributed by atoms with E-state index in [4.69, 9.17) is 0 Å². The molecule has 0 unspecified atom stereocenters. The second-order valence-corrected chi connectivity index (χ2v) is 5.65. The van der Waals surface area contributed by atoms with Crippen molar-refractivity contribution in [2.45, 2.75) is 12.3 Å². The molecule has 0 bridgehead atoms. The molecule has 120 valence electrons. The van der Waals surface area contributed by atoms with E-state index in [0.29, 0.717) is 11.5 Å². The molecule has 1 amide bonds. The molecule has 24 heavy (non-hydrogen) atoms. The van der Waals surface area contributed by atoms with Crippen LogP contribution in [0.2, 0.25) is 0 Å². The summed E-state index contributed by atoms with van der Waals surface area (Å²) in [6, 6.07) is 12.8. The minimum atomic E-state index is -0.671. The van der Waals surface area contributed by atoms with Crippen LogP contribution in [0, 0.1) is 11.6 Å². The summed E-state index contributed by atoms with van der Waals surface area (Å²) in [6.45, 7) is 0. The lowest BCUT2D eigenvalue weighted by molar-refractivity contribution is -0.116. The molecule has 0 radical (unpaired) electrons. The Kier molecular flexibility index (Phi) is 3.37. The van der Waals surface area contributed by atoms with Crippen LogP contribution in [0.15, 0.2) is 54.9 Å². The number of hydrogen-bond donors (Lipinski definition) is 1. The third-order valence-electron chi connectivity index (χ3n) is 4.15. The number of anilines is 1. The summed E-state index contributed by atoms with van der Waals surface area (Å²) < 4.78 is 29.1. The van der Waals surface area contributed by atoms with Crippen LogP contribution in [0.25, 0.3) is 5.69 Å². The van der Waals surface area contributed by atoms with Crippen molar-refractivity contribution < 1.29 is 13.6 Å². The predicted octanol–water partition coefficient (Wildman–Crippen LogP) is 3.62. The fourth-order valence-electron chi connectivity index (χ4n) is 3.03. The van der Waals surface area contributed by atoms with Crippen LogP contribution in [0.3, 0.4) is 0 Å². The molecule has 0 fully saturated rings. The van der Waals surface area contributed by atoms with Crippen molar-refractivity contribution in [2.24, 2.45) is 0 Å². The van der Waals surface area contributed by atoms with E-state index >= 15 is 0 Å². The first-order valence-corrected chi connectivity index (χ1v) is 7.51. The molecule has 6 heteroatoms. The number of fused-ring (bicyclic) bond motifs is 1. The molecular formula is C18H13F2N3O. The maximum Gasteiger partial charge on any atom is 0.226 e. The summed E-state index contributed by atoms with van der Waals surface area (Å²) >= 11 is 0. The van der Waals surface area contributed by atoms with Crippen LogP contribution >= 0.6 is 0 Å². The Hall–Kier alpha value is -3.02. The zero-order chi connectivity index (χ0) is 16.7. The van der Waals surface area contributed by atoms with Gasteiger partial charge in [-0.2, -0.15) is 0 Å². The van der Waals surface area contributed by atoms with E-state index < -0.39 is 17.6 Å². The minimum Gasteiger partial charge on any atom is -0.310 e. The first-order valence-electron chi connectivity index (χ1n) is 7.51. The lowest BCUT2D eigenvalue weighted by Crippen LogP contribution is -2.25. The highest BCUT2D eigenvalue weighted by molar-refractivity contribution is 5.94. The van der Waals surface area contributed by atoms with Gasteiger partial charge in [0, 0.05) is 24.1 Å². The summed E-state index contributed by atoms with van der Waals surface area (Å²) in [5.41, 5.74) is 1.68. The third-order valence-corrected chi connectivity index (χ3v) is 4.15. The van der Waals surface area contributed by atoms with Crippen molar-refractivity contribution in [1.29, 1.82) is 0 Å². The average molecular weight is 325 g/mol. The number of para-hydroxylation sites is 1. The molecule has 3 aromatic rings. The number of carbonyl (C=O) groups excluding carboxylic acids is 1. The van der Waals surface area contributed by atoms with Crippen LogP contribution in [-0.4, -0.2) is 15.5 Å². The van der Waals surface area contributed by atoms with E-state index in [2.05, 4.69) is 10.3 Å². The lowest BCUT2D eigenvalue weighted by atomic mass is 9.89. The van der Waals surface area contributed by atoms with Gasteiger partial charge in [-0.1, -0.05) is 24.3 Å². The molecule has 1 atom stereocenters. The number of imidazole rings is 1. The molecule has 1 aliphatic rings. The number of rotatable bonds is 2. The Morgan fingerprint density at radius 1 is 1.12 bits per heavy atom. The molecule has 1 aliphatic heterocycles. The Morgan fingerprint density at radius 3 is 2.67 bits per heavy atom. The highest BCUT2D eigenvalue weighted by Gasteiger charge is 2.32. The van der Waals surface area contributed by atoms with Crippen molar-refractivity contribution in [1.82, 2.24) is 9.55 Å². The number of hydrogen-bond acceptors (Lipinski definition) is 2. The summed E-state index contributed by atoms with van der Waals surface area (Å²) in [4.78, 5) is 16.5. The van der Waals surface area contributed by atoms with Crippen molar-refractivity contribution >= 4 is 11.7 Å². The van der Waals surface area contributed by atoms with Crippen molar-refractivity contribution in [2.75, 3.05) is 5.32 Å². The van der Waals surface area contributed by atoms with Gasteiger partial charge >= 0.3 is 0 Å². The molecule has 2 heterocycles. The number of carbonyl (C=O) groups is 1. The van der Waals surface area contributed by atoms with Gasteiger partial charge in [0.15, 0.2) is 0 Å². The van der Waals surface area contributed by atoms with Gasteiger partial charge in [0.1, 0.15) is 23.8 Å². The van der Waals surface area contributed by atoms with Gasteiger partial charge in [0.2, 0.25) is 5.91 Å². The molecule has 4 nitrogen and oxygen atoms in total. The molecule has 0 saturated heterocycles. The standard InChI is InChI=1S/C18H13F2N3O/c19-11-6-7-13(15(20)8-11)14-9-16(24)22-18-17(14)21-10-23(18)12-4-2-1-3-5-12/h1-8,10,14H,9H2,(H,22,24)/t14-/m1/s1. The lowest BCUT2D eigenvalue weighted by Gasteiger charge is -2.23. The van der Waals surface area contributed by atoms with E-state index in [1.165, 1.54) is 12.1 Å². The number of nitrogens with zero attached hydrogens (tertiary/aromatic N) is 2. The van der Waals surface area contributed by atoms with Gasteiger partial charge < -0.3 is 5.32 Å². The zero-order valence-electron chi connectivity index (χ0n) is 12.5. The van der Waals surface area contributed by atoms with Gasteiger partial charge in [-0.25, -0.2) is 13.8 Å². The summed E-state index contributed by atoms with van der Waals surface area (Å²) in [5, 5.41) is 2.80. The predicted molar refractivity (Wildman–Crippen MR) is 85.0 cm³/mol. The largest absolute Gasteiger partial charge is 0.310 e. The Bertz CT molecular complexity index is 921. The first kappa shape index (κ1) is 14.6. The van der Waals surface area contributed by atoms with Crippen molar-refractivity contribution in [3.8, 4) is 5.69 Å². The maximum atomic E-state index is 14.2. The zero-order valence-corrected chi connectivity index (χ0v) is 12.5. The summed E-state index contributed by atoms with van der Waals surface area (Å²) in [5.74, 6) is -1.57. The molecule has 0 spiro atoms. The number of aromatic nitrogens is 2. The van der Waals surface area contributed by atoms with Crippen LogP contribution in [-0.2, 0) is 4.79 Å². The van der Waals surface area contributed by atoms with E-state index in [1.807, 2.05) is 30.3 Å². The van der Waals surface area contributed by atoms with Gasteiger partial charge in [-0.15, -0.1) is 0 Å². The molecular weight excluding hydrogens is 312 g/mol. The second kappa shape index (κ2) is 5.56. The van der Waals surface area contributed by atoms with Crippen molar-refractivity contribution in [3.63, 3.8) is 0 Å². The van der Waals surface area contributed by atoms with E-state index in [9.17, 15) is 13.6 Å². The van der Waals surface area contributed by atoms with Crippen molar-refractivity contribution in [3.05, 3.63) is 77.8 Å². The maximum absolute atomic E-state index is 14.2. The number of nitrogens with one attached hydrogen (secondary N) is 1. The van der Waals surface area contributed by atoms with Gasteiger partial charge in [-0.3, -0.25) is 9.36 Å². The Labute approximate surface area is 136 Å².